The van der Waals surface area contributed by atoms with Crippen LogP contribution in [0.3, 0.4) is 0 Å². The van der Waals surface area contributed by atoms with Crippen LogP contribution in [-0.4, -0.2) is 12.3 Å². The zero-order chi connectivity index (χ0) is 10.4. The highest BCUT2D eigenvalue weighted by molar-refractivity contribution is 7.98. The number of nitrogens with one attached hydrogen (secondary N) is 1. The average Bonchev–Trinajstić information content (AvgIpc) is 2.26. The van der Waals surface area contributed by atoms with Gasteiger partial charge >= 0.3 is 0 Å². The molecule has 0 spiro atoms. The molecule has 0 heterocycles. The van der Waals surface area contributed by atoms with E-state index >= 15 is 0 Å². The molecule has 0 aliphatic heterocycles. The van der Waals surface area contributed by atoms with Crippen LogP contribution in [0.2, 0.25) is 0 Å². The molecule has 1 atom stereocenters. The SMILES string of the molecule is C=CC(C)NCc1ccc(SC)cc1. The molecular formula is C12H17NS. The fourth-order valence-electron chi connectivity index (χ4n) is 1.11. The summed E-state index contributed by atoms with van der Waals surface area (Å²) in [7, 11) is 0. The van der Waals surface area contributed by atoms with Crippen molar-refractivity contribution in [3.8, 4) is 0 Å². The molecule has 0 aliphatic rings. The maximum Gasteiger partial charge on any atom is 0.0222 e. The summed E-state index contributed by atoms with van der Waals surface area (Å²) in [5, 5.41) is 3.36. The lowest BCUT2D eigenvalue weighted by Gasteiger charge is -2.09. The third-order valence-electron chi connectivity index (χ3n) is 2.14. The van der Waals surface area contributed by atoms with Crippen molar-refractivity contribution in [2.24, 2.45) is 0 Å². The van der Waals surface area contributed by atoms with E-state index in [9.17, 15) is 0 Å². The smallest absolute Gasteiger partial charge is 0.0222 e. The first-order valence-electron chi connectivity index (χ1n) is 4.75. The molecule has 0 aromatic heterocycles. The summed E-state index contributed by atoms with van der Waals surface area (Å²) in [6.45, 7) is 6.74. The van der Waals surface area contributed by atoms with E-state index in [1.807, 2.05) is 6.08 Å². The molecule has 1 aromatic carbocycles. The maximum atomic E-state index is 3.73. The summed E-state index contributed by atoms with van der Waals surface area (Å²) >= 11 is 1.77. The Morgan fingerprint density at radius 1 is 1.43 bits per heavy atom. The van der Waals surface area contributed by atoms with E-state index in [4.69, 9.17) is 0 Å². The Hall–Kier alpha value is -0.730. The van der Waals surface area contributed by atoms with Gasteiger partial charge in [-0.1, -0.05) is 18.2 Å². The van der Waals surface area contributed by atoms with E-state index in [1.54, 1.807) is 11.8 Å². The fraction of sp³-hybridized carbons (Fsp3) is 0.333. The molecule has 2 heteroatoms. The second-order valence-corrected chi connectivity index (χ2v) is 4.13. The van der Waals surface area contributed by atoms with Crippen LogP contribution < -0.4 is 5.32 Å². The molecule has 0 radical (unpaired) electrons. The first kappa shape index (κ1) is 11.3. The normalized spacial score (nSPS) is 12.4. The minimum absolute atomic E-state index is 0.371. The standard InChI is InChI=1S/C12H17NS/c1-4-10(2)13-9-11-5-7-12(14-3)8-6-11/h4-8,10,13H,1,9H2,2-3H3. The van der Waals surface area contributed by atoms with Crippen LogP contribution in [-0.2, 0) is 6.54 Å². The van der Waals surface area contributed by atoms with Gasteiger partial charge in [0.05, 0.1) is 0 Å². The van der Waals surface area contributed by atoms with Crippen molar-refractivity contribution < 1.29 is 0 Å². The summed E-state index contributed by atoms with van der Waals surface area (Å²) in [6.07, 6.45) is 4.00. The molecule has 76 valence electrons. The first-order valence-corrected chi connectivity index (χ1v) is 5.97. The average molecular weight is 207 g/mol. The Morgan fingerprint density at radius 3 is 2.57 bits per heavy atom. The van der Waals surface area contributed by atoms with E-state index in [1.165, 1.54) is 10.5 Å². The van der Waals surface area contributed by atoms with E-state index in [0.717, 1.165) is 6.54 Å². The van der Waals surface area contributed by atoms with Crippen molar-refractivity contribution >= 4 is 11.8 Å². The quantitative estimate of drug-likeness (QED) is 0.588. The van der Waals surface area contributed by atoms with Gasteiger partial charge in [-0.3, -0.25) is 0 Å². The second-order valence-electron chi connectivity index (χ2n) is 3.25. The highest BCUT2D eigenvalue weighted by atomic mass is 32.2. The third-order valence-corrected chi connectivity index (χ3v) is 2.88. The lowest BCUT2D eigenvalue weighted by atomic mass is 10.2. The van der Waals surface area contributed by atoms with Crippen LogP contribution in [0.4, 0.5) is 0 Å². The molecule has 0 bridgehead atoms. The number of hydrogen-bond donors (Lipinski definition) is 1. The van der Waals surface area contributed by atoms with Crippen molar-refractivity contribution in [1.29, 1.82) is 0 Å². The van der Waals surface area contributed by atoms with E-state index in [2.05, 4.69) is 49.3 Å². The van der Waals surface area contributed by atoms with Crippen LogP contribution in [0.1, 0.15) is 12.5 Å². The third kappa shape index (κ3) is 3.56. The van der Waals surface area contributed by atoms with Crippen LogP contribution in [0.5, 0.6) is 0 Å². The van der Waals surface area contributed by atoms with Crippen molar-refractivity contribution in [3.63, 3.8) is 0 Å². The Labute approximate surface area is 90.6 Å². The summed E-state index contributed by atoms with van der Waals surface area (Å²) in [5.41, 5.74) is 1.32. The van der Waals surface area contributed by atoms with Gasteiger partial charge in [-0.2, -0.15) is 0 Å². The lowest BCUT2D eigenvalue weighted by molar-refractivity contribution is 0.634. The molecule has 0 saturated heterocycles. The predicted molar refractivity (Wildman–Crippen MR) is 64.7 cm³/mol. The van der Waals surface area contributed by atoms with E-state index in [-0.39, 0.29) is 0 Å². The molecule has 0 amide bonds. The van der Waals surface area contributed by atoms with Crippen LogP contribution in [0.25, 0.3) is 0 Å². The van der Waals surface area contributed by atoms with Gasteiger partial charge in [0.25, 0.3) is 0 Å². The summed E-state index contributed by atoms with van der Waals surface area (Å²) in [4.78, 5) is 1.31. The zero-order valence-corrected chi connectivity index (χ0v) is 9.60. The Bertz CT molecular complexity index is 279. The fourth-order valence-corrected chi connectivity index (χ4v) is 1.51. The number of rotatable bonds is 5. The van der Waals surface area contributed by atoms with Crippen LogP contribution in [0, 0.1) is 0 Å². The monoisotopic (exact) mass is 207 g/mol. The molecule has 0 aliphatic carbocycles. The predicted octanol–water partition coefficient (Wildman–Crippen LogP) is 3.07. The molecule has 1 nitrogen and oxygen atoms in total. The van der Waals surface area contributed by atoms with Crippen LogP contribution >= 0.6 is 11.8 Å². The van der Waals surface area contributed by atoms with Gasteiger partial charge in [-0.15, -0.1) is 18.3 Å². The summed E-state index contributed by atoms with van der Waals surface area (Å²) in [5.74, 6) is 0. The number of thioether (sulfide) groups is 1. The molecule has 0 fully saturated rings. The van der Waals surface area contributed by atoms with E-state index < -0.39 is 0 Å². The Balaban J connectivity index is 2.47. The maximum absolute atomic E-state index is 3.73. The molecule has 1 aromatic rings. The van der Waals surface area contributed by atoms with Gasteiger partial charge in [-0.25, -0.2) is 0 Å². The first-order chi connectivity index (χ1) is 6.76. The lowest BCUT2D eigenvalue weighted by Crippen LogP contribution is -2.22. The van der Waals surface area contributed by atoms with Gasteiger partial charge in [-0.05, 0) is 30.9 Å². The van der Waals surface area contributed by atoms with Crippen molar-refractivity contribution in [2.45, 2.75) is 24.4 Å². The highest BCUT2D eigenvalue weighted by Gasteiger charge is 1.96. The van der Waals surface area contributed by atoms with Crippen molar-refractivity contribution in [1.82, 2.24) is 5.32 Å². The minimum Gasteiger partial charge on any atom is -0.307 e. The van der Waals surface area contributed by atoms with Gasteiger partial charge in [0, 0.05) is 17.5 Å². The zero-order valence-electron chi connectivity index (χ0n) is 8.79. The second kappa shape index (κ2) is 5.89. The Kier molecular flexibility index (Phi) is 4.77. The largest absolute Gasteiger partial charge is 0.307 e. The molecular weight excluding hydrogens is 190 g/mol. The number of benzene rings is 1. The van der Waals surface area contributed by atoms with Gasteiger partial charge < -0.3 is 5.32 Å². The minimum atomic E-state index is 0.371. The topological polar surface area (TPSA) is 12.0 Å². The highest BCUT2D eigenvalue weighted by Crippen LogP contribution is 2.14. The van der Waals surface area contributed by atoms with Gasteiger partial charge in [0.2, 0.25) is 0 Å². The number of hydrogen-bond acceptors (Lipinski definition) is 2. The van der Waals surface area contributed by atoms with E-state index in [0.29, 0.717) is 6.04 Å². The van der Waals surface area contributed by atoms with Crippen LogP contribution in [0.15, 0.2) is 41.8 Å². The summed E-state index contributed by atoms with van der Waals surface area (Å²) in [6, 6.07) is 9.00. The van der Waals surface area contributed by atoms with Gasteiger partial charge in [0.1, 0.15) is 0 Å². The summed E-state index contributed by atoms with van der Waals surface area (Å²) < 4.78 is 0. The van der Waals surface area contributed by atoms with Crippen molar-refractivity contribution in [2.75, 3.05) is 6.26 Å². The molecule has 0 saturated carbocycles. The molecule has 1 N–H and O–H groups in total. The molecule has 1 rings (SSSR count). The Morgan fingerprint density at radius 2 is 2.07 bits per heavy atom. The molecule has 1 unspecified atom stereocenters. The van der Waals surface area contributed by atoms with Crippen molar-refractivity contribution in [3.05, 3.63) is 42.5 Å². The van der Waals surface area contributed by atoms with Gasteiger partial charge in [0.15, 0.2) is 0 Å². The molecule has 14 heavy (non-hydrogen) atoms.